The van der Waals surface area contributed by atoms with Crippen LogP contribution in [-0.2, 0) is 9.59 Å². The van der Waals surface area contributed by atoms with Crippen LogP contribution in [-0.4, -0.2) is 29.0 Å². The van der Waals surface area contributed by atoms with Crippen LogP contribution in [0.4, 0.5) is 11.4 Å². The highest BCUT2D eigenvalue weighted by atomic mass is 32.1. The Balaban J connectivity index is 1.78. The van der Waals surface area contributed by atoms with Crippen molar-refractivity contribution in [1.29, 1.82) is 0 Å². The van der Waals surface area contributed by atoms with E-state index in [1.54, 1.807) is 6.08 Å². The molecule has 6 heteroatoms. The van der Waals surface area contributed by atoms with Gasteiger partial charge >= 0.3 is 0 Å². The van der Waals surface area contributed by atoms with Crippen molar-refractivity contribution in [3.05, 3.63) is 63.7 Å². The van der Waals surface area contributed by atoms with Gasteiger partial charge in [-0.15, -0.1) is 0 Å². The van der Waals surface area contributed by atoms with Gasteiger partial charge in [-0.2, -0.15) is 0 Å². The molecular formula is C28H33N3O2S. The minimum absolute atomic E-state index is 0.0785. The Kier molecular flexibility index (Phi) is 6.15. The van der Waals surface area contributed by atoms with Crippen LogP contribution in [0.1, 0.15) is 67.9 Å². The second-order valence-electron chi connectivity index (χ2n) is 10.2. The van der Waals surface area contributed by atoms with Gasteiger partial charge in [0.05, 0.1) is 5.69 Å². The van der Waals surface area contributed by atoms with Gasteiger partial charge in [0.1, 0.15) is 5.57 Å². The summed E-state index contributed by atoms with van der Waals surface area (Å²) in [6.45, 7) is 16.0. The molecule has 0 aromatic heterocycles. The highest BCUT2D eigenvalue weighted by Crippen LogP contribution is 2.44. The van der Waals surface area contributed by atoms with E-state index in [-0.39, 0.29) is 16.2 Å². The maximum atomic E-state index is 13.5. The number of thiocarbonyl (C=S) groups is 1. The summed E-state index contributed by atoms with van der Waals surface area (Å²) in [5.41, 5.74) is 7.41. The molecule has 178 valence electrons. The first-order valence-corrected chi connectivity index (χ1v) is 12.3. The third kappa shape index (κ3) is 4.05. The fraction of sp³-hybridized carbons (Fsp3) is 0.393. The minimum Gasteiger partial charge on any atom is -0.366 e. The standard InChI is InChI=1S/C28H33N3O2S/c1-8-30-24-12-18(4)20(13-22(24)19(5)15-28(30,6)7)14-23-25(32)29-27(34)31(26(23)33)21-10-9-16(2)17(3)11-21/h9-14,19H,8,15H2,1-7H3,(H,29,32,34)/b23-14+/t19-/m1/s1. The van der Waals surface area contributed by atoms with E-state index in [9.17, 15) is 9.59 Å². The molecule has 2 aliphatic heterocycles. The minimum atomic E-state index is -0.462. The topological polar surface area (TPSA) is 52.7 Å². The molecular weight excluding hydrogens is 442 g/mol. The average Bonchev–Trinajstić information content (AvgIpc) is 2.73. The maximum Gasteiger partial charge on any atom is 0.270 e. The molecule has 5 nitrogen and oxygen atoms in total. The van der Waals surface area contributed by atoms with Crippen LogP contribution in [0.3, 0.4) is 0 Å². The molecule has 2 aliphatic rings. The number of carbonyl (C=O) groups excluding carboxylic acids is 2. The predicted octanol–water partition coefficient (Wildman–Crippen LogP) is 5.56. The van der Waals surface area contributed by atoms with Crippen LogP contribution in [0.5, 0.6) is 0 Å². The molecule has 4 rings (SSSR count). The number of fused-ring (bicyclic) bond motifs is 1. The monoisotopic (exact) mass is 475 g/mol. The number of aryl methyl sites for hydroxylation is 3. The van der Waals surface area contributed by atoms with Crippen LogP contribution in [0.15, 0.2) is 35.9 Å². The van der Waals surface area contributed by atoms with Gasteiger partial charge in [0.15, 0.2) is 5.11 Å². The van der Waals surface area contributed by atoms with Crippen molar-refractivity contribution in [3.8, 4) is 0 Å². The number of nitrogens with zero attached hydrogens (tertiary/aromatic N) is 2. The maximum absolute atomic E-state index is 13.5. The number of rotatable bonds is 3. The molecule has 0 aliphatic carbocycles. The second kappa shape index (κ2) is 8.66. The molecule has 1 fully saturated rings. The van der Waals surface area contributed by atoms with Crippen LogP contribution in [0.25, 0.3) is 6.08 Å². The van der Waals surface area contributed by atoms with Gasteiger partial charge in [-0.3, -0.25) is 19.8 Å². The SMILES string of the molecule is CCN1c2cc(C)c(/C=C3\C(=O)NC(=S)N(c4ccc(C)c(C)c4)C3=O)cc2[C@H](C)CC1(C)C. The fourth-order valence-corrected chi connectivity index (χ4v) is 5.60. The van der Waals surface area contributed by atoms with Crippen LogP contribution in [0.2, 0.25) is 0 Å². The first-order valence-electron chi connectivity index (χ1n) is 11.9. The first-order chi connectivity index (χ1) is 15.9. The van der Waals surface area contributed by atoms with E-state index in [0.717, 1.165) is 35.2 Å². The molecule has 1 N–H and O–H groups in total. The summed E-state index contributed by atoms with van der Waals surface area (Å²) in [5.74, 6) is -0.490. The number of carbonyl (C=O) groups is 2. The molecule has 1 atom stereocenters. The molecule has 1 saturated heterocycles. The molecule has 0 radical (unpaired) electrons. The van der Waals surface area contributed by atoms with Gasteiger partial charge in [-0.05, 0) is 124 Å². The smallest absolute Gasteiger partial charge is 0.270 e. The lowest BCUT2D eigenvalue weighted by Gasteiger charge is -2.47. The van der Waals surface area contributed by atoms with E-state index in [1.807, 2.05) is 39.0 Å². The zero-order chi connectivity index (χ0) is 24.9. The van der Waals surface area contributed by atoms with Gasteiger partial charge in [0.25, 0.3) is 11.8 Å². The van der Waals surface area contributed by atoms with Gasteiger partial charge in [-0.25, -0.2) is 0 Å². The summed E-state index contributed by atoms with van der Waals surface area (Å²) in [6.07, 6.45) is 2.76. The van der Waals surface area contributed by atoms with E-state index >= 15 is 0 Å². The summed E-state index contributed by atoms with van der Waals surface area (Å²) in [5, 5.41) is 2.80. The highest BCUT2D eigenvalue weighted by Gasteiger charge is 2.37. The zero-order valence-corrected chi connectivity index (χ0v) is 21.9. The lowest BCUT2D eigenvalue weighted by molar-refractivity contribution is -0.122. The third-order valence-electron chi connectivity index (χ3n) is 7.24. The van der Waals surface area contributed by atoms with E-state index < -0.39 is 11.8 Å². The van der Waals surface area contributed by atoms with Crippen molar-refractivity contribution < 1.29 is 9.59 Å². The molecule has 2 aromatic carbocycles. The van der Waals surface area contributed by atoms with E-state index in [4.69, 9.17) is 12.2 Å². The molecule has 2 aromatic rings. The van der Waals surface area contributed by atoms with Gasteiger partial charge in [0, 0.05) is 17.8 Å². The van der Waals surface area contributed by atoms with Crippen molar-refractivity contribution in [1.82, 2.24) is 5.32 Å². The molecule has 0 saturated carbocycles. The third-order valence-corrected chi connectivity index (χ3v) is 7.52. The number of nitrogens with one attached hydrogen (secondary N) is 1. The molecule has 0 bridgehead atoms. The Morgan fingerprint density at radius 2 is 1.79 bits per heavy atom. The van der Waals surface area contributed by atoms with Crippen LogP contribution in [0, 0.1) is 20.8 Å². The van der Waals surface area contributed by atoms with Crippen molar-refractivity contribution in [2.24, 2.45) is 0 Å². The number of hydrogen-bond acceptors (Lipinski definition) is 4. The lowest BCUT2D eigenvalue weighted by Crippen LogP contribution is -2.54. The average molecular weight is 476 g/mol. The molecule has 2 amide bonds. The van der Waals surface area contributed by atoms with Crippen molar-refractivity contribution >= 4 is 46.6 Å². The Hall–Kier alpha value is -2.99. The fourth-order valence-electron chi connectivity index (χ4n) is 5.32. The van der Waals surface area contributed by atoms with Gasteiger partial charge in [0.2, 0.25) is 0 Å². The summed E-state index contributed by atoms with van der Waals surface area (Å²) in [7, 11) is 0. The second-order valence-corrected chi connectivity index (χ2v) is 10.5. The van der Waals surface area contributed by atoms with Crippen molar-refractivity contribution in [3.63, 3.8) is 0 Å². The Morgan fingerprint density at radius 3 is 2.44 bits per heavy atom. The normalized spacial score (nSPS) is 21.1. The highest BCUT2D eigenvalue weighted by molar-refractivity contribution is 7.80. The quantitative estimate of drug-likeness (QED) is 0.359. The van der Waals surface area contributed by atoms with Crippen molar-refractivity contribution in [2.75, 3.05) is 16.3 Å². The number of benzene rings is 2. The molecule has 2 heterocycles. The Morgan fingerprint density at radius 1 is 1.09 bits per heavy atom. The Bertz CT molecular complexity index is 1240. The number of amides is 2. The Labute approximate surface area is 207 Å². The summed E-state index contributed by atoms with van der Waals surface area (Å²) in [6, 6.07) is 10.1. The summed E-state index contributed by atoms with van der Waals surface area (Å²) < 4.78 is 0. The largest absolute Gasteiger partial charge is 0.366 e. The van der Waals surface area contributed by atoms with Gasteiger partial charge < -0.3 is 4.90 Å². The molecule has 0 unspecified atom stereocenters. The summed E-state index contributed by atoms with van der Waals surface area (Å²) >= 11 is 5.37. The molecule has 0 spiro atoms. The molecule has 34 heavy (non-hydrogen) atoms. The van der Waals surface area contributed by atoms with Crippen LogP contribution >= 0.6 is 12.2 Å². The van der Waals surface area contributed by atoms with E-state index in [1.165, 1.54) is 16.2 Å². The zero-order valence-electron chi connectivity index (χ0n) is 21.1. The first kappa shape index (κ1) is 24.1. The number of hydrogen-bond donors (Lipinski definition) is 1. The number of anilines is 2. The van der Waals surface area contributed by atoms with E-state index in [2.05, 4.69) is 50.0 Å². The lowest BCUT2D eigenvalue weighted by atomic mass is 9.79. The summed E-state index contributed by atoms with van der Waals surface area (Å²) in [4.78, 5) is 30.2. The van der Waals surface area contributed by atoms with E-state index in [0.29, 0.717) is 11.6 Å². The van der Waals surface area contributed by atoms with Crippen LogP contribution < -0.4 is 15.1 Å². The van der Waals surface area contributed by atoms with Crippen molar-refractivity contribution in [2.45, 2.75) is 66.3 Å². The predicted molar refractivity (Wildman–Crippen MR) is 143 cm³/mol. The van der Waals surface area contributed by atoms with Gasteiger partial charge in [-0.1, -0.05) is 13.0 Å².